The molecule has 0 aromatic carbocycles. The van der Waals surface area contributed by atoms with Crippen molar-refractivity contribution in [1.82, 2.24) is 14.7 Å². The van der Waals surface area contributed by atoms with Crippen LogP contribution in [-0.2, 0) is 0 Å². The first-order valence-corrected chi connectivity index (χ1v) is 6.00. The second-order valence-electron chi connectivity index (χ2n) is 3.93. The normalized spacial score (nSPS) is 21.3. The maximum absolute atomic E-state index is 4.62. The van der Waals surface area contributed by atoms with E-state index in [1.54, 1.807) is 0 Å². The van der Waals surface area contributed by atoms with Gasteiger partial charge in [-0.05, 0) is 47.4 Å². The lowest BCUT2D eigenvalue weighted by molar-refractivity contribution is 0.632. The maximum atomic E-state index is 4.62. The molecule has 0 aliphatic carbocycles. The number of nitrogens with zero attached hydrogens (tertiary/aromatic N) is 2. The van der Waals surface area contributed by atoms with E-state index in [1.807, 2.05) is 18.3 Å². The molecule has 2 aromatic heterocycles. The summed E-state index contributed by atoms with van der Waals surface area (Å²) in [6.45, 7) is 1.11. The van der Waals surface area contributed by atoms with E-state index in [2.05, 4.69) is 36.8 Å². The molecule has 1 aliphatic heterocycles. The number of aromatic nitrogens is 2. The summed E-state index contributed by atoms with van der Waals surface area (Å²) in [7, 11) is 0. The van der Waals surface area contributed by atoms with Crippen LogP contribution in [0.3, 0.4) is 0 Å². The van der Waals surface area contributed by atoms with Gasteiger partial charge in [0.05, 0.1) is 11.7 Å². The van der Waals surface area contributed by atoms with E-state index in [0.29, 0.717) is 6.04 Å². The number of rotatable bonds is 1. The zero-order valence-corrected chi connectivity index (χ0v) is 9.87. The third kappa shape index (κ3) is 1.68. The van der Waals surface area contributed by atoms with Crippen LogP contribution in [0.1, 0.15) is 24.6 Å². The molecular formula is C11H12BrN3. The summed E-state index contributed by atoms with van der Waals surface area (Å²) in [4.78, 5) is 4.62. The van der Waals surface area contributed by atoms with Gasteiger partial charge >= 0.3 is 0 Å². The van der Waals surface area contributed by atoms with E-state index < -0.39 is 0 Å². The fraction of sp³-hybridized carbons (Fsp3) is 0.364. The van der Waals surface area contributed by atoms with Gasteiger partial charge < -0.3 is 9.72 Å². The number of fused-ring (bicyclic) bond motifs is 1. The van der Waals surface area contributed by atoms with Crippen LogP contribution >= 0.6 is 15.9 Å². The van der Waals surface area contributed by atoms with E-state index in [0.717, 1.165) is 22.4 Å². The van der Waals surface area contributed by atoms with E-state index in [9.17, 15) is 0 Å². The van der Waals surface area contributed by atoms with Crippen LogP contribution in [-0.4, -0.2) is 15.9 Å². The van der Waals surface area contributed by atoms with Gasteiger partial charge in [0.25, 0.3) is 0 Å². The second-order valence-corrected chi connectivity index (χ2v) is 4.84. The van der Waals surface area contributed by atoms with Gasteiger partial charge in [0.2, 0.25) is 0 Å². The number of imidazole rings is 1. The van der Waals surface area contributed by atoms with Gasteiger partial charge in [-0.3, -0.25) is 0 Å². The van der Waals surface area contributed by atoms with Crippen molar-refractivity contribution in [3.05, 3.63) is 34.7 Å². The van der Waals surface area contributed by atoms with Crippen molar-refractivity contribution in [2.75, 3.05) is 6.54 Å². The molecule has 0 unspecified atom stereocenters. The fourth-order valence-electron chi connectivity index (χ4n) is 2.09. The Kier molecular flexibility index (Phi) is 2.25. The molecule has 3 heterocycles. The molecule has 0 radical (unpaired) electrons. The number of halogens is 1. The average molecular weight is 266 g/mol. The quantitative estimate of drug-likeness (QED) is 0.859. The summed E-state index contributed by atoms with van der Waals surface area (Å²) in [5.74, 6) is 0. The summed E-state index contributed by atoms with van der Waals surface area (Å²) in [5, 5.41) is 3.46. The number of pyridine rings is 1. The van der Waals surface area contributed by atoms with Crippen molar-refractivity contribution >= 4 is 21.6 Å². The van der Waals surface area contributed by atoms with E-state index in [1.165, 1.54) is 12.8 Å². The Balaban J connectivity index is 2.05. The molecule has 4 heteroatoms. The lowest BCUT2D eigenvalue weighted by atomic mass is 10.2. The number of hydrogen-bond donors (Lipinski definition) is 1. The average Bonchev–Trinajstić information content (AvgIpc) is 2.84. The molecular weight excluding hydrogens is 254 g/mol. The first-order chi connectivity index (χ1) is 7.33. The Morgan fingerprint density at radius 3 is 3.13 bits per heavy atom. The molecule has 78 valence electrons. The van der Waals surface area contributed by atoms with Gasteiger partial charge in [-0.1, -0.05) is 0 Å². The van der Waals surface area contributed by atoms with Crippen molar-refractivity contribution in [3.8, 4) is 0 Å². The highest BCUT2D eigenvalue weighted by molar-refractivity contribution is 9.10. The summed E-state index contributed by atoms with van der Waals surface area (Å²) in [6, 6.07) is 4.50. The van der Waals surface area contributed by atoms with Gasteiger partial charge in [0, 0.05) is 16.9 Å². The van der Waals surface area contributed by atoms with Gasteiger partial charge in [-0.25, -0.2) is 4.98 Å². The predicted molar refractivity (Wildman–Crippen MR) is 62.9 cm³/mol. The van der Waals surface area contributed by atoms with Gasteiger partial charge in [0.1, 0.15) is 5.65 Å². The Morgan fingerprint density at radius 1 is 1.40 bits per heavy atom. The highest BCUT2D eigenvalue weighted by atomic mass is 79.9. The Labute approximate surface area is 96.6 Å². The van der Waals surface area contributed by atoms with Crippen molar-refractivity contribution in [3.63, 3.8) is 0 Å². The molecule has 1 saturated heterocycles. The van der Waals surface area contributed by atoms with Crippen LogP contribution in [0.15, 0.2) is 29.0 Å². The molecule has 0 amide bonds. The molecule has 3 rings (SSSR count). The molecule has 1 aliphatic rings. The standard InChI is InChI=1S/C11H12BrN3/c12-8-3-4-11-14-10(7-15(11)6-8)9-2-1-5-13-9/h3-4,6-7,9,13H,1-2,5H2/t9-/m1/s1. The molecule has 15 heavy (non-hydrogen) atoms. The largest absolute Gasteiger partial charge is 0.309 e. The molecule has 0 spiro atoms. The van der Waals surface area contributed by atoms with Crippen LogP contribution in [0.25, 0.3) is 5.65 Å². The molecule has 1 fully saturated rings. The molecule has 0 bridgehead atoms. The molecule has 2 aromatic rings. The lowest BCUT2D eigenvalue weighted by Gasteiger charge is -2.04. The van der Waals surface area contributed by atoms with E-state index in [-0.39, 0.29) is 0 Å². The van der Waals surface area contributed by atoms with Crippen LogP contribution < -0.4 is 5.32 Å². The SMILES string of the molecule is Brc1ccc2nc([C@H]3CCCN3)cn2c1. The second kappa shape index (κ2) is 3.61. The van der Waals surface area contributed by atoms with Gasteiger partial charge in [0.15, 0.2) is 0 Å². The van der Waals surface area contributed by atoms with Gasteiger partial charge in [-0.15, -0.1) is 0 Å². The van der Waals surface area contributed by atoms with Crippen molar-refractivity contribution in [2.45, 2.75) is 18.9 Å². The van der Waals surface area contributed by atoms with Gasteiger partial charge in [-0.2, -0.15) is 0 Å². The summed E-state index contributed by atoms with van der Waals surface area (Å²) in [6.07, 6.45) is 6.61. The Hall–Kier alpha value is -0.870. The Bertz CT molecular complexity index is 486. The Morgan fingerprint density at radius 2 is 2.33 bits per heavy atom. The van der Waals surface area contributed by atoms with Crippen LogP contribution in [0.4, 0.5) is 0 Å². The maximum Gasteiger partial charge on any atom is 0.137 e. The zero-order valence-electron chi connectivity index (χ0n) is 8.28. The number of nitrogens with one attached hydrogen (secondary N) is 1. The van der Waals surface area contributed by atoms with Crippen molar-refractivity contribution < 1.29 is 0 Å². The van der Waals surface area contributed by atoms with E-state index in [4.69, 9.17) is 0 Å². The zero-order chi connectivity index (χ0) is 10.3. The van der Waals surface area contributed by atoms with Crippen molar-refractivity contribution in [1.29, 1.82) is 0 Å². The smallest absolute Gasteiger partial charge is 0.137 e. The van der Waals surface area contributed by atoms with Crippen LogP contribution in [0, 0.1) is 0 Å². The predicted octanol–water partition coefficient (Wildman–Crippen LogP) is 2.52. The molecule has 1 N–H and O–H groups in total. The molecule has 0 saturated carbocycles. The monoisotopic (exact) mass is 265 g/mol. The highest BCUT2D eigenvalue weighted by Crippen LogP contribution is 2.23. The lowest BCUT2D eigenvalue weighted by Crippen LogP contribution is -2.12. The third-order valence-electron chi connectivity index (χ3n) is 2.85. The first kappa shape index (κ1) is 9.36. The minimum absolute atomic E-state index is 0.448. The molecule has 3 nitrogen and oxygen atoms in total. The third-order valence-corrected chi connectivity index (χ3v) is 3.32. The summed E-state index contributed by atoms with van der Waals surface area (Å²) < 4.78 is 3.15. The topological polar surface area (TPSA) is 29.3 Å². The number of hydrogen-bond acceptors (Lipinski definition) is 2. The highest BCUT2D eigenvalue weighted by Gasteiger charge is 2.18. The minimum atomic E-state index is 0.448. The molecule has 1 atom stereocenters. The van der Waals surface area contributed by atoms with Crippen LogP contribution in [0.2, 0.25) is 0 Å². The van der Waals surface area contributed by atoms with E-state index >= 15 is 0 Å². The fourth-order valence-corrected chi connectivity index (χ4v) is 2.44. The first-order valence-electron chi connectivity index (χ1n) is 5.20. The minimum Gasteiger partial charge on any atom is -0.309 e. The summed E-state index contributed by atoms with van der Waals surface area (Å²) in [5.41, 5.74) is 2.17. The summed E-state index contributed by atoms with van der Waals surface area (Å²) >= 11 is 3.46. The van der Waals surface area contributed by atoms with Crippen molar-refractivity contribution in [2.24, 2.45) is 0 Å². The van der Waals surface area contributed by atoms with Crippen LogP contribution in [0.5, 0.6) is 0 Å².